The quantitative estimate of drug-likeness (QED) is 0.428. The Hall–Kier alpha value is -1.58. The van der Waals surface area contributed by atoms with Crippen LogP contribution in [0, 0.1) is 5.82 Å². The average Bonchev–Trinajstić information content (AvgIpc) is 2.15. The van der Waals surface area contributed by atoms with Crippen molar-refractivity contribution >= 4 is 5.96 Å². The Balaban J connectivity index is 2.39. The highest BCUT2D eigenvalue weighted by molar-refractivity contribution is 5.75. The van der Waals surface area contributed by atoms with E-state index in [1.807, 2.05) is 6.07 Å². The van der Waals surface area contributed by atoms with Crippen molar-refractivity contribution < 1.29 is 4.39 Å². The minimum atomic E-state index is -0.169. The Kier molecular flexibility index (Phi) is 3.91. The molecular formula is C10H14FN3. The third-order valence-electron chi connectivity index (χ3n) is 1.86. The molecule has 0 saturated carbocycles. The van der Waals surface area contributed by atoms with Crippen LogP contribution in [0.25, 0.3) is 0 Å². The first-order chi connectivity index (χ1) is 6.70. The number of hydrogen-bond donors (Lipinski definition) is 2. The molecule has 0 unspecified atom stereocenters. The standard InChI is InChI=1S/C10H14FN3/c11-9-6-2-1-4-8(9)5-3-7-14-10(12)13/h1-2,4,6H,3,5,7H2,(H4,12,13,14). The van der Waals surface area contributed by atoms with Gasteiger partial charge < -0.3 is 11.5 Å². The molecule has 0 amide bonds. The summed E-state index contributed by atoms with van der Waals surface area (Å²) in [5.74, 6) is -0.0873. The van der Waals surface area contributed by atoms with E-state index in [-0.39, 0.29) is 11.8 Å². The third-order valence-corrected chi connectivity index (χ3v) is 1.86. The molecule has 4 N–H and O–H groups in total. The Labute approximate surface area is 82.6 Å². The van der Waals surface area contributed by atoms with Gasteiger partial charge in [-0.15, -0.1) is 0 Å². The number of aliphatic imine (C=N–C) groups is 1. The van der Waals surface area contributed by atoms with Crippen LogP contribution in [0.1, 0.15) is 12.0 Å². The minimum absolute atomic E-state index is 0.0820. The Morgan fingerprint density at radius 2 is 2.00 bits per heavy atom. The number of nitrogens with zero attached hydrogens (tertiary/aromatic N) is 1. The third kappa shape index (κ3) is 3.43. The summed E-state index contributed by atoms with van der Waals surface area (Å²) >= 11 is 0. The van der Waals surface area contributed by atoms with Crippen molar-refractivity contribution in [2.24, 2.45) is 16.5 Å². The van der Waals surface area contributed by atoms with E-state index in [1.54, 1.807) is 12.1 Å². The minimum Gasteiger partial charge on any atom is -0.370 e. The van der Waals surface area contributed by atoms with Crippen molar-refractivity contribution in [2.75, 3.05) is 6.54 Å². The van der Waals surface area contributed by atoms with Crippen LogP contribution in [0.15, 0.2) is 29.3 Å². The van der Waals surface area contributed by atoms with Crippen molar-refractivity contribution in [3.8, 4) is 0 Å². The van der Waals surface area contributed by atoms with Gasteiger partial charge in [-0.1, -0.05) is 18.2 Å². The maximum Gasteiger partial charge on any atom is 0.185 e. The lowest BCUT2D eigenvalue weighted by molar-refractivity contribution is 0.605. The SMILES string of the molecule is NC(N)=NCCCc1ccccc1F. The molecule has 1 rings (SSSR count). The first kappa shape index (κ1) is 10.5. The molecule has 3 nitrogen and oxygen atoms in total. The summed E-state index contributed by atoms with van der Waals surface area (Å²) in [6.45, 7) is 0.538. The highest BCUT2D eigenvalue weighted by Gasteiger charge is 1.98. The summed E-state index contributed by atoms with van der Waals surface area (Å²) in [6.07, 6.45) is 1.41. The monoisotopic (exact) mass is 195 g/mol. The van der Waals surface area contributed by atoms with Crippen molar-refractivity contribution in [1.82, 2.24) is 0 Å². The molecule has 0 bridgehead atoms. The average molecular weight is 195 g/mol. The van der Waals surface area contributed by atoms with Gasteiger partial charge in [0.05, 0.1) is 0 Å². The van der Waals surface area contributed by atoms with Crippen LogP contribution in [0.4, 0.5) is 4.39 Å². The summed E-state index contributed by atoms with van der Waals surface area (Å²) in [7, 11) is 0. The van der Waals surface area contributed by atoms with Crippen molar-refractivity contribution in [3.05, 3.63) is 35.6 Å². The lowest BCUT2D eigenvalue weighted by atomic mass is 10.1. The molecule has 4 heteroatoms. The molecule has 14 heavy (non-hydrogen) atoms. The number of aryl methyl sites for hydroxylation is 1. The second kappa shape index (κ2) is 5.21. The fourth-order valence-electron chi connectivity index (χ4n) is 1.18. The van der Waals surface area contributed by atoms with E-state index >= 15 is 0 Å². The summed E-state index contributed by atoms with van der Waals surface area (Å²) in [5.41, 5.74) is 11.0. The number of nitrogens with two attached hydrogens (primary N) is 2. The topological polar surface area (TPSA) is 64.4 Å². The Morgan fingerprint density at radius 1 is 1.29 bits per heavy atom. The lowest BCUT2D eigenvalue weighted by Crippen LogP contribution is -2.23. The normalized spacial score (nSPS) is 9.79. The molecular weight excluding hydrogens is 181 g/mol. The van der Waals surface area contributed by atoms with Gasteiger partial charge in [-0.2, -0.15) is 0 Å². The fourth-order valence-corrected chi connectivity index (χ4v) is 1.18. The van der Waals surface area contributed by atoms with E-state index in [2.05, 4.69) is 4.99 Å². The number of guanidine groups is 1. The molecule has 0 aliphatic rings. The van der Waals surface area contributed by atoms with Gasteiger partial charge in [0.25, 0.3) is 0 Å². The van der Waals surface area contributed by atoms with Gasteiger partial charge in [0, 0.05) is 6.54 Å². The summed E-state index contributed by atoms with van der Waals surface area (Å²) in [6, 6.07) is 6.72. The van der Waals surface area contributed by atoms with Gasteiger partial charge in [-0.05, 0) is 24.5 Å². The summed E-state index contributed by atoms with van der Waals surface area (Å²) in [5, 5.41) is 0. The number of rotatable bonds is 4. The van der Waals surface area contributed by atoms with Crippen molar-refractivity contribution in [1.29, 1.82) is 0 Å². The molecule has 0 fully saturated rings. The highest BCUT2D eigenvalue weighted by atomic mass is 19.1. The highest BCUT2D eigenvalue weighted by Crippen LogP contribution is 2.08. The van der Waals surface area contributed by atoms with Gasteiger partial charge in [-0.25, -0.2) is 4.39 Å². The maximum atomic E-state index is 13.1. The Morgan fingerprint density at radius 3 is 2.64 bits per heavy atom. The number of hydrogen-bond acceptors (Lipinski definition) is 1. The molecule has 0 saturated heterocycles. The predicted octanol–water partition coefficient (Wildman–Crippen LogP) is 1.03. The molecule has 0 heterocycles. The summed E-state index contributed by atoms with van der Waals surface area (Å²) in [4.78, 5) is 3.82. The smallest absolute Gasteiger partial charge is 0.185 e. The largest absolute Gasteiger partial charge is 0.370 e. The maximum absolute atomic E-state index is 13.1. The molecule has 1 aromatic carbocycles. The van der Waals surface area contributed by atoms with Gasteiger partial charge in [-0.3, -0.25) is 4.99 Å². The number of benzene rings is 1. The van der Waals surface area contributed by atoms with Gasteiger partial charge in [0.15, 0.2) is 5.96 Å². The van der Waals surface area contributed by atoms with E-state index in [0.29, 0.717) is 18.5 Å². The fraction of sp³-hybridized carbons (Fsp3) is 0.300. The van der Waals surface area contributed by atoms with E-state index in [0.717, 1.165) is 6.42 Å². The van der Waals surface area contributed by atoms with Crippen LogP contribution in [0.5, 0.6) is 0 Å². The van der Waals surface area contributed by atoms with Crippen LogP contribution in [-0.4, -0.2) is 12.5 Å². The zero-order valence-electron chi connectivity index (χ0n) is 7.91. The first-order valence-electron chi connectivity index (χ1n) is 4.49. The van der Waals surface area contributed by atoms with Crippen molar-refractivity contribution in [2.45, 2.75) is 12.8 Å². The number of halogens is 1. The van der Waals surface area contributed by atoms with E-state index in [4.69, 9.17) is 11.5 Å². The molecule has 1 aromatic rings. The molecule has 0 spiro atoms. The summed E-state index contributed by atoms with van der Waals surface area (Å²) < 4.78 is 13.1. The first-order valence-corrected chi connectivity index (χ1v) is 4.49. The van der Waals surface area contributed by atoms with Crippen LogP contribution in [0.2, 0.25) is 0 Å². The van der Waals surface area contributed by atoms with Gasteiger partial charge >= 0.3 is 0 Å². The van der Waals surface area contributed by atoms with Crippen molar-refractivity contribution in [3.63, 3.8) is 0 Å². The van der Waals surface area contributed by atoms with Crippen LogP contribution in [0.3, 0.4) is 0 Å². The van der Waals surface area contributed by atoms with Gasteiger partial charge in [0.1, 0.15) is 5.82 Å². The van der Waals surface area contributed by atoms with E-state index < -0.39 is 0 Å². The van der Waals surface area contributed by atoms with E-state index in [9.17, 15) is 4.39 Å². The molecule has 76 valence electrons. The molecule has 0 aliphatic heterocycles. The predicted molar refractivity (Wildman–Crippen MR) is 55.4 cm³/mol. The molecule has 0 aromatic heterocycles. The molecule has 0 aliphatic carbocycles. The molecule has 0 atom stereocenters. The van der Waals surface area contributed by atoms with E-state index in [1.165, 1.54) is 6.07 Å². The van der Waals surface area contributed by atoms with Crippen LogP contribution < -0.4 is 11.5 Å². The Bertz CT molecular complexity index is 319. The lowest BCUT2D eigenvalue weighted by Gasteiger charge is -2.00. The molecule has 0 radical (unpaired) electrons. The second-order valence-corrected chi connectivity index (χ2v) is 3.00. The van der Waals surface area contributed by atoms with Gasteiger partial charge in [0.2, 0.25) is 0 Å². The van der Waals surface area contributed by atoms with Crippen LogP contribution >= 0.6 is 0 Å². The van der Waals surface area contributed by atoms with Crippen LogP contribution in [-0.2, 0) is 6.42 Å². The zero-order valence-corrected chi connectivity index (χ0v) is 7.91. The zero-order chi connectivity index (χ0) is 10.4. The second-order valence-electron chi connectivity index (χ2n) is 3.00.